The van der Waals surface area contributed by atoms with Crippen molar-refractivity contribution in [1.82, 2.24) is 18.3 Å². The standard InChI is InChI=1S/2C36H24N2/c2*1-5-19-33-29(15-1)30-16-2-6-20-34(30)37(33)27-13-9-11-25(23-27)26-12-10-14-28(24-26)38-35-21-7-3-17-31(35)32-18-4-8-22-36(32)38/h2*1-24H. The number of rotatable bonds is 6. The van der Waals surface area contributed by atoms with E-state index in [0.717, 1.165) is 0 Å². The molecule has 0 fully saturated rings. The van der Waals surface area contributed by atoms with Crippen LogP contribution in [0.2, 0.25) is 0 Å². The van der Waals surface area contributed by atoms with Gasteiger partial charge in [0, 0.05) is 65.8 Å². The zero-order valence-electron chi connectivity index (χ0n) is 41.5. The maximum absolute atomic E-state index is 2.38. The van der Waals surface area contributed by atoms with Crippen molar-refractivity contribution in [2.24, 2.45) is 0 Å². The first-order chi connectivity index (χ1) is 37.7. The largest absolute Gasteiger partial charge is 0.309 e. The van der Waals surface area contributed by atoms with Gasteiger partial charge in [0.05, 0.1) is 44.1 Å². The highest BCUT2D eigenvalue weighted by molar-refractivity contribution is 6.12. The van der Waals surface area contributed by atoms with E-state index in [1.165, 1.54) is 132 Å². The molecule has 0 bridgehead atoms. The molecular weight excluding hydrogens is 921 g/mol. The van der Waals surface area contributed by atoms with Gasteiger partial charge in [0.15, 0.2) is 0 Å². The summed E-state index contributed by atoms with van der Waals surface area (Å²) in [5.74, 6) is 0. The van der Waals surface area contributed by atoms with Gasteiger partial charge >= 0.3 is 0 Å². The smallest absolute Gasteiger partial charge is 0.0541 e. The summed E-state index contributed by atoms with van der Waals surface area (Å²) < 4.78 is 9.52. The second-order valence-electron chi connectivity index (χ2n) is 19.7. The average molecular weight is 969 g/mol. The molecule has 0 atom stereocenters. The molecule has 0 spiro atoms. The minimum absolute atomic E-state index is 1.17. The Morgan fingerprint density at radius 1 is 0.145 bits per heavy atom. The van der Waals surface area contributed by atoms with Crippen LogP contribution < -0.4 is 0 Å². The topological polar surface area (TPSA) is 19.7 Å². The summed E-state index contributed by atoms with van der Waals surface area (Å²) in [5.41, 5.74) is 19.3. The van der Waals surface area contributed by atoms with Gasteiger partial charge in [-0.25, -0.2) is 0 Å². The Kier molecular flexibility index (Phi) is 10.2. The highest BCUT2D eigenvalue weighted by Gasteiger charge is 2.17. The number of fused-ring (bicyclic) bond motifs is 12. The Bertz CT molecular complexity index is 4070. The van der Waals surface area contributed by atoms with E-state index >= 15 is 0 Å². The van der Waals surface area contributed by atoms with E-state index in [0.29, 0.717) is 0 Å². The lowest BCUT2D eigenvalue weighted by molar-refractivity contribution is 1.17. The minimum atomic E-state index is 1.17. The van der Waals surface area contributed by atoms with Crippen molar-refractivity contribution in [2.75, 3.05) is 0 Å². The SMILES string of the molecule is c1cc(-c2cccc(-n3c4ccccc4c4ccccc43)c2)cc(-n2c3ccccc3c3ccccc32)c1.c1cc(-c2cccc(-n3c4ccccc4c4ccccc43)c2)cc(-n2c3ccccc3c3ccccc32)c1. The second-order valence-corrected chi connectivity index (χ2v) is 19.7. The van der Waals surface area contributed by atoms with Gasteiger partial charge in [0.25, 0.3) is 0 Å². The zero-order valence-corrected chi connectivity index (χ0v) is 41.5. The molecule has 4 nitrogen and oxygen atoms in total. The lowest BCUT2D eigenvalue weighted by Crippen LogP contribution is -1.95. The summed E-state index contributed by atoms with van der Waals surface area (Å²) in [6.45, 7) is 0. The van der Waals surface area contributed by atoms with Crippen molar-refractivity contribution in [2.45, 2.75) is 0 Å². The highest BCUT2D eigenvalue weighted by atomic mass is 15.0. The van der Waals surface area contributed by atoms with E-state index in [1.54, 1.807) is 0 Å². The van der Waals surface area contributed by atoms with Gasteiger partial charge < -0.3 is 18.3 Å². The molecule has 0 aliphatic carbocycles. The molecule has 0 saturated carbocycles. The van der Waals surface area contributed by atoms with Crippen LogP contribution in [0.25, 0.3) is 132 Å². The molecule has 4 heterocycles. The summed E-state index contributed by atoms with van der Waals surface area (Å²) in [7, 11) is 0. The molecule has 0 saturated heterocycles. The van der Waals surface area contributed by atoms with Crippen molar-refractivity contribution in [1.29, 1.82) is 0 Å². The fraction of sp³-hybridized carbons (Fsp3) is 0. The van der Waals surface area contributed by atoms with Crippen molar-refractivity contribution in [3.05, 3.63) is 291 Å². The number of para-hydroxylation sites is 8. The first kappa shape index (κ1) is 43.4. The molecule has 0 amide bonds. The van der Waals surface area contributed by atoms with E-state index in [-0.39, 0.29) is 0 Å². The molecular formula is C72H48N4. The van der Waals surface area contributed by atoms with E-state index in [1.807, 2.05) is 0 Å². The van der Waals surface area contributed by atoms with Crippen molar-refractivity contribution >= 4 is 87.2 Å². The quantitative estimate of drug-likeness (QED) is 0.158. The van der Waals surface area contributed by atoms with Crippen LogP contribution in [0.3, 0.4) is 0 Å². The van der Waals surface area contributed by atoms with E-state index in [4.69, 9.17) is 0 Å². The van der Waals surface area contributed by atoms with E-state index in [2.05, 4.69) is 309 Å². The van der Waals surface area contributed by atoms with Crippen LogP contribution in [0.15, 0.2) is 291 Å². The van der Waals surface area contributed by atoms with Crippen molar-refractivity contribution < 1.29 is 0 Å². The number of hydrogen-bond acceptors (Lipinski definition) is 0. The molecule has 4 heteroatoms. The number of benzene rings is 12. The molecule has 12 aromatic carbocycles. The normalized spacial score (nSPS) is 11.7. The highest BCUT2D eigenvalue weighted by Crippen LogP contribution is 2.38. The Balaban J connectivity index is 0.000000133. The maximum Gasteiger partial charge on any atom is 0.0541 e. The molecule has 4 aromatic heterocycles. The molecule has 16 aromatic rings. The van der Waals surface area contributed by atoms with Gasteiger partial charge in [-0.1, -0.05) is 194 Å². The molecule has 356 valence electrons. The molecule has 0 N–H and O–H groups in total. The van der Waals surface area contributed by atoms with Gasteiger partial charge in [-0.2, -0.15) is 0 Å². The van der Waals surface area contributed by atoms with Crippen LogP contribution in [-0.4, -0.2) is 18.3 Å². The Hall–Kier alpha value is -10.2. The molecule has 16 rings (SSSR count). The van der Waals surface area contributed by atoms with Crippen molar-refractivity contribution in [3.8, 4) is 45.0 Å². The lowest BCUT2D eigenvalue weighted by atomic mass is 10.0. The van der Waals surface area contributed by atoms with Crippen LogP contribution in [0.4, 0.5) is 0 Å². The van der Waals surface area contributed by atoms with E-state index in [9.17, 15) is 0 Å². The average Bonchev–Trinajstić information content (AvgIpc) is 4.27. The van der Waals surface area contributed by atoms with Crippen LogP contribution in [0.5, 0.6) is 0 Å². The van der Waals surface area contributed by atoms with Gasteiger partial charge in [-0.15, -0.1) is 0 Å². The lowest BCUT2D eigenvalue weighted by Gasteiger charge is -2.12. The summed E-state index contributed by atoms with van der Waals surface area (Å²) in [5, 5.41) is 10.2. The van der Waals surface area contributed by atoms with E-state index < -0.39 is 0 Å². The van der Waals surface area contributed by atoms with Crippen LogP contribution in [0, 0.1) is 0 Å². The molecule has 0 radical (unpaired) electrons. The fourth-order valence-electron chi connectivity index (χ4n) is 12.1. The predicted octanol–water partition coefficient (Wildman–Crippen LogP) is 19.1. The Labute approximate surface area is 439 Å². The van der Waals surface area contributed by atoms with Crippen LogP contribution in [0.1, 0.15) is 0 Å². The third kappa shape index (κ3) is 7.00. The Morgan fingerprint density at radius 3 is 0.474 bits per heavy atom. The summed E-state index contributed by atoms with van der Waals surface area (Å²) in [6, 6.07) is 105. The third-order valence-corrected chi connectivity index (χ3v) is 15.4. The van der Waals surface area contributed by atoms with Gasteiger partial charge in [0.2, 0.25) is 0 Å². The summed E-state index contributed by atoms with van der Waals surface area (Å²) in [4.78, 5) is 0. The summed E-state index contributed by atoms with van der Waals surface area (Å²) in [6.07, 6.45) is 0. The first-order valence-electron chi connectivity index (χ1n) is 26.1. The van der Waals surface area contributed by atoms with Gasteiger partial charge in [-0.3, -0.25) is 0 Å². The van der Waals surface area contributed by atoms with Gasteiger partial charge in [-0.05, 0) is 119 Å². The number of aromatic nitrogens is 4. The fourth-order valence-corrected chi connectivity index (χ4v) is 12.1. The third-order valence-electron chi connectivity index (χ3n) is 15.4. The molecule has 0 aliphatic heterocycles. The second kappa shape index (κ2) is 17.8. The number of nitrogens with zero attached hydrogens (tertiary/aromatic N) is 4. The van der Waals surface area contributed by atoms with Crippen LogP contribution >= 0.6 is 0 Å². The molecule has 0 unspecified atom stereocenters. The summed E-state index contributed by atoms with van der Waals surface area (Å²) >= 11 is 0. The molecule has 76 heavy (non-hydrogen) atoms. The molecule has 0 aliphatic rings. The van der Waals surface area contributed by atoms with Crippen LogP contribution in [-0.2, 0) is 0 Å². The predicted molar refractivity (Wildman–Crippen MR) is 321 cm³/mol. The maximum atomic E-state index is 2.38. The van der Waals surface area contributed by atoms with Gasteiger partial charge in [0.1, 0.15) is 0 Å². The zero-order chi connectivity index (χ0) is 50.1. The number of hydrogen-bond donors (Lipinski definition) is 0. The first-order valence-corrected chi connectivity index (χ1v) is 26.1. The monoisotopic (exact) mass is 968 g/mol. The minimum Gasteiger partial charge on any atom is -0.309 e. The van der Waals surface area contributed by atoms with Crippen molar-refractivity contribution in [3.63, 3.8) is 0 Å². The Morgan fingerprint density at radius 2 is 0.303 bits per heavy atom.